The third kappa shape index (κ3) is 3.71. The van der Waals surface area contributed by atoms with Gasteiger partial charge in [-0.1, -0.05) is 27.7 Å². The zero-order valence-corrected chi connectivity index (χ0v) is 12.6. The predicted octanol–water partition coefficient (Wildman–Crippen LogP) is 2.77. The van der Waals surface area contributed by atoms with Gasteiger partial charge in [0, 0.05) is 12.6 Å². The fourth-order valence-electron chi connectivity index (χ4n) is 2.85. The van der Waals surface area contributed by atoms with Crippen molar-refractivity contribution in [3.63, 3.8) is 0 Å². The van der Waals surface area contributed by atoms with E-state index in [1.807, 2.05) is 4.90 Å². The minimum absolute atomic E-state index is 0.0565. The van der Waals surface area contributed by atoms with E-state index in [1.165, 1.54) is 0 Å². The van der Waals surface area contributed by atoms with Crippen LogP contribution < -0.4 is 0 Å². The monoisotopic (exact) mass is 269 g/mol. The van der Waals surface area contributed by atoms with Crippen molar-refractivity contribution in [3.05, 3.63) is 0 Å². The third-order valence-electron chi connectivity index (χ3n) is 4.14. The van der Waals surface area contributed by atoms with Crippen LogP contribution in [0.3, 0.4) is 0 Å². The van der Waals surface area contributed by atoms with Gasteiger partial charge in [-0.15, -0.1) is 0 Å². The maximum Gasteiger partial charge on any atom is 0.307 e. The molecule has 1 aliphatic carbocycles. The number of rotatable bonds is 7. The van der Waals surface area contributed by atoms with Crippen LogP contribution in [0.4, 0.5) is 0 Å². The van der Waals surface area contributed by atoms with Crippen molar-refractivity contribution >= 4 is 11.9 Å². The van der Waals surface area contributed by atoms with Gasteiger partial charge < -0.3 is 10.0 Å². The Labute approximate surface area is 116 Å². The second kappa shape index (κ2) is 6.92. The molecule has 110 valence electrons. The van der Waals surface area contributed by atoms with Gasteiger partial charge in [-0.05, 0) is 31.6 Å². The Morgan fingerprint density at radius 3 is 2.00 bits per heavy atom. The first-order valence-electron chi connectivity index (χ1n) is 7.45. The lowest BCUT2D eigenvalue weighted by atomic mass is 9.72. The minimum atomic E-state index is -0.821. The Balaban J connectivity index is 2.79. The Morgan fingerprint density at radius 2 is 1.68 bits per heavy atom. The summed E-state index contributed by atoms with van der Waals surface area (Å²) < 4.78 is 0. The molecule has 0 bridgehead atoms. The highest BCUT2D eigenvalue weighted by atomic mass is 16.4. The number of hydrogen-bond donors (Lipinski definition) is 1. The highest BCUT2D eigenvalue weighted by molar-refractivity contribution is 5.86. The van der Waals surface area contributed by atoms with E-state index in [9.17, 15) is 9.59 Å². The molecule has 0 aromatic carbocycles. The van der Waals surface area contributed by atoms with Gasteiger partial charge in [0.15, 0.2) is 0 Å². The fraction of sp³-hybridized carbons (Fsp3) is 0.867. The third-order valence-corrected chi connectivity index (χ3v) is 4.14. The van der Waals surface area contributed by atoms with Gasteiger partial charge in [0.2, 0.25) is 5.91 Å². The number of hydrogen-bond acceptors (Lipinski definition) is 2. The number of nitrogens with zero attached hydrogens (tertiary/aromatic N) is 1. The predicted molar refractivity (Wildman–Crippen MR) is 74.8 cm³/mol. The Hall–Kier alpha value is -1.06. The first-order valence-corrected chi connectivity index (χ1v) is 7.45. The largest absolute Gasteiger partial charge is 0.481 e. The van der Waals surface area contributed by atoms with Crippen molar-refractivity contribution in [2.24, 2.45) is 17.8 Å². The molecule has 1 rings (SSSR count). The average molecular weight is 269 g/mol. The summed E-state index contributed by atoms with van der Waals surface area (Å²) in [5.41, 5.74) is 0. The van der Waals surface area contributed by atoms with Crippen LogP contribution in [0.25, 0.3) is 0 Å². The molecule has 1 aliphatic rings. The lowest BCUT2D eigenvalue weighted by Gasteiger charge is -2.40. The van der Waals surface area contributed by atoms with Gasteiger partial charge in [-0.25, -0.2) is 0 Å². The second-order valence-electron chi connectivity index (χ2n) is 5.98. The van der Waals surface area contributed by atoms with Gasteiger partial charge in [-0.3, -0.25) is 9.59 Å². The molecule has 1 saturated carbocycles. The van der Waals surface area contributed by atoms with Crippen LogP contribution in [0, 0.1) is 17.8 Å². The molecule has 1 amide bonds. The highest BCUT2D eigenvalue weighted by Crippen LogP contribution is 2.36. The zero-order chi connectivity index (χ0) is 14.6. The van der Waals surface area contributed by atoms with Crippen LogP contribution >= 0.6 is 0 Å². The summed E-state index contributed by atoms with van der Waals surface area (Å²) >= 11 is 0. The van der Waals surface area contributed by atoms with Crippen molar-refractivity contribution < 1.29 is 14.7 Å². The molecule has 0 aromatic rings. The molecule has 0 saturated heterocycles. The molecule has 1 fully saturated rings. The summed E-state index contributed by atoms with van der Waals surface area (Å²) in [6, 6.07) is 0.241. The second-order valence-corrected chi connectivity index (χ2v) is 5.98. The first-order chi connectivity index (χ1) is 8.92. The Morgan fingerprint density at radius 1 is 1.16 bits per heavy atom. The van der Waals surface area contributed by atoms with E-state index in [0.29, 0.717) is 12.3 Å². The van der Waals surface area contributed by atoms with Crippen molar-refractivity contribution in [3.8, 4) is 0 Å². The molecule has 0 heterocycles. The van der Waals surface area contributed by atoms with E-state index in [1.54, 1.807) is 0 Å². The van der Waals surface area contributed by atoms with Crippen LogP contribution in [-0.4, -0.2) is 34.5 Å². The molecule has 2 unspecified atom stereocenters. The fourth-order valence-corrected chi connectivity index (χ4v) is 2.85. The van der Waals surface area contributed by atoms with Crippen LogP contribution in [-0.2, 0) is 9.59 Å². The molecule has 4 nitrogen and oxygen atoms in total. The molecule has 0 aliphatic heterocycles. The summed E-state index contributed by atoms with van der Waals surface area (Å²) in [5, 5.41) is 9.10. The first kappa shape index (κ1) is 16.0. The molecule has 0 spiro atoms. The standard InChI is InChI=1S/C15H27NO3/c1-5-11(6-2)16(9-10(3)4)14(17)12-7-8-13(12)15(18)19/h10-13H,5-9H2,1-4H3,(H,18,19). The molecule has 2 atom stereocenters. The van der Waals surface area contributed by atoms with Gasteiger partial charge >= 0.3 is 5.97 Å². The molecule has 1 N–H and O–H groups in total. The van der Waals surface area contributed by atoms with E-state index < -0.39 is 11.9 Å². The minimum Gasteiger partial charge on any atom is -0.481 e. The number of carbonyl (C=O) groups excluding carboxylic acids is 1. The van der Waals surface area contributed by atoms with E-state index in [0.717, 1.165) is 25.8 Å². The molecule has 19 heavy (non-hydrogen) atoms. The number of carboxylic acids is 1. The summed E-state index contributed by atoms with van der Waals surface area (Å²) in [5.74, 6) is -1.11. The summed E-state index contributed by atoms with van der Waals surface area (Å²) in [4.78, 5) is 25.6. The molecular formula is C15H27NO3. The van der Waals surface area contributed by atoms with Crippen LogP contribution in [0.5, 0.6) is 0 Å². The molecule has 4 heteroatoms. The average Bonchev–Trinajstić information content (AvgIpc) is 2.26. The number of carboxylic acid groups (broad SMARTS) is 1. The van der Waals surface area contributed by atoms with E-state index in [2.05, 4.69) is 27.7 Å². The Kier molecular flexibility index (Phi) is 5.83. The quantitative estimate of drug-likeness (QED) is 0.773. The van der Waals surface area contributed by atoms with Gasteiger partial charge in [0.25, 0.3) is 0 Å². The Bertz CT molecular complexity index is 323. The van der Waals surface area contributed by atoms with Crippen molar-refractivity contribution in [2.75, 3.05) is 6.54 Å². The van der Waals surface area contributed by atoms with Gasteiger partial charge in [0.05, 0.1) is 11.8 Å². The topological polar surface area (TPSA) is 57.6 Å². The number of amides is 1. The lowest BCUT2D eigenvalue weighted by molar-refractivity contribution is -0.158. The van der Waals surface area contributed by atoms with Crippen molar-refractivity contribution in [1.82, 2.24) is 4.90 Å². The van der Waals surface area contributed by atoms with Crippen molar-refractivity contribution in [1.29, 1.82) is 0 Å². The maximum atomic E-state index is 12.6. The normalized spacial score (nSPS) is 22.4. The van der Waals surface area contributed by atoms with Crippen molar-refractivity contribution in [2.45, 2.75) is 59.4 Å². The summed E-state index contributed by atoms with van der Waals surface area (Å²) in [7, 11) is 0. The SMILES string of the molecule is CCC(CC)N(CC(C)C)C(=O)C1CCC1C(=O)O. The van der Waals surface area contributed by atoms with E-state index >= 15 is 0 Å². The van der Waals surface area contributed by atoms with Crippen LogP contribution in [0.15, 0.2) is 0 Å². The van der Waals surface area contributed by atoms with Crippen LogP contribution in [0.1, 0.15) is 53.4 Å². The summed E-state index contributed by atoms with van der Waals surface area (Å²) in [6.45, 7) is 9.10. The van der Waals surface area contributed by atoms with Gasteiger partial charge in [-0.2, -0.15) is 0 Å². The van der Waals surface area contributed by atoms with Gasteiger partial charge in [0.1, 0.15) is 0 Å². The van der Waals surface area contributed by atoms with E-state index in [4.69, 9.17) is 5.11 Å². The number of carbonyl (C=O) groups is 2. The molecule has 0 aromatic heterocycles. The molecular weight excluding hydrogens is 242 g/mol. The summed E-state index contributed by atoms with van der Waals surface area (Å²) in [6.07, 6.45) is 3.23. The van der Waals surface area contributed by atoms with E-state index in [-0.39, 0.29) is 17.9 Å². The smallest absolute Gasteiger partial charge is 0.307 e. The number of aliphatic carboxylic acids is 1. The lowest BCUT2D eigenvalue weighted by Crippen LogP contribution is -2.50. The van der Waals surface area contributed by atoms with Crippen LogP contribution in [0.2, 0.25) is 0 Å². The zero-order valence-electron chi connectivity index (χ0n) is 12.6. The highest BCUT2D eigenvalue weighted by Gasteiger charge is 2.44. The maximum absolute atomic E-state index is 12.6. The molecule has 0 radical (unpaired) electrons.